The molecule has 0 spiro atoms. The van der Waals surface area contributed by atoms with Crippen LogP contribution in [0.1, 0.15) is 11.1 Å². The van der Waals surface area contributed by atoms with Gasteiger partial charge in [-0.3, -0.25) is 9.88 Å². The summed E-state index contributed by atoms with van der Waals surface area (Å²) in [6.07, 6.45) is 3.95. The zero-order chi connectivity index (χ0) is 16.4. The first-order chi connectivity index (χ1) is 11.0. The third-order valence-corrected chi connectivity index (χ3v) is 5.05. The van der Waals surface area contributed by atoms with Crippen molar-refractivity contribution < 1.29 is 10.2 Å². The molecular weight excluding hydrogens is 335 g/mol. The van der Waals surface area contributed by atoms with Crippen molar-refractivity contribution in [2.75, 3.05) is 13.1 Å². The van der Waals surface area contributed by atoms with Crippen molar-refractivity contribution in [3.8, 4) is 5.75 Å². The van der Waals surface area contributed by atoms with E-state index in [9.17, 15) is 10.2 Å². The number of aliphatic hydroxyl groups is 1. The number of phenols is 1. The van der Waals surface area contributed by atoms with Gasteiger partial charge in [0.25, 0.3) is 0 Å². The second-order valence-electron chi connectivity index (χ2n) is 5.94. The predicted octanol–water partition coefficient (Wildman–Crippen LogP) is 3.13. The van der Waals surface area contributed by atoms with Crippen molar-refractivity contribution >= 4 is 23.2 Å². The fourth-order valence-corrected chi connectivity index (χ4v) is 3.54. The first kappa shape index (κ1) is 16.5. The molecule has 3 rings (SSSR count). The Morgan fingerprint density at radius 1 is 1.13 bits per heavy atom. The van der Waals surface area contributed by atoms with E-state index in [1.807, 2.05) is 12.1 Å². The standard InChI is InChI=1S/C17H18Cl2N2O2/c18-14-1-2-15(22)17(19)13(14)9-21-8-12(16(23)10-21)7-11-3-5-20-6-4-11/h1-6,12,16,22-23H,7-10H2/t12-,16-/m1/s1. The van der Waals surface area contributed by atoms with Crippen LogP contribution in [0.2, 0.25) is 10.0 Å². The topological polar surface area (TPSA) is 56.6 Å². The Hall–Kier alpha value is -1.33. The van der Waals surface area contributed by atoms with Gasteiger partial charge in [-0.2, -0.15) is 0 Å². The molecule has 1 saturated heterocycles. The van der Waals surface area contributed by atoms with E-state index in [0.29, 0.717) is 23.7 Å². The molecule has 1 fully saturated rings. The molecule has 2 aromatic rings. The van der Waals surface area contributed by atoms with Crippen molar-refractivity contribution in [3.63, 3.8) is 0 Å². The van der Waals surface area contributed by atoms with E-state index in [2.05, 4.69) is 9.88 Å². The maximum atomic E-state index is 10.3. The summed E-state index contributed by atoms with van der Waals surface area (Å²) in [6.45, 7) is 1.83. The molecule has 2 atom stereocenters. The number of likely N-dealkylation sites (tertiary alicyclic amines) is 1. The van der Waals surface area contributed by atoms with Gasteiger partial charge < -0.3 is 10.2 Å². The minimum Gasteiger partial charge on any atom is -0.506 e. The van der Waals surface area contributed by atoms with Gasteiger partial charge in [-0.1, -0.05) is 23.2 Å². The predicted molar refractivity (Wildman–Crippen MR) is 90.8 cm³/mol. The average Bonchev–Trinajstić information content (AvgIpc) is 2.88. The highest BCUT2D eigenvalue weighted by Crippen LogP contribution is 2.34. The minimum atomic E-state index is -0.391. The molecule has 2 heterocycles. The van der Waals surface area contributed by atoms with E-state index in [0.717, 1.165) is 13.0 Å². The first-order valence-electron chi connectivity index (χ1n) is 7.49. The van der Waals surface area contributed by atoms with Gasteiger partial charge in [0.2, 0.25) is 0 Å². The summed E-state index contributed by atoms with van der Waals surface area (Å²) in [5.74, 6) is 0.186. The van der Waals surface area contributed by atoms with Crippen LogP contribution < -0.4 is 0 Å². The maximum Gasteiger partial charge on any atom is 0.134 e. The van der Waals surface area contributed by atoms with E-state index < -0.39 is 6.10 Å². The van der Waals surface area contributed by atoms with Crippen molar-refractivity contribution in [3.05, 3.63) is 57.8 Å². The summed E-state index contributed by atoms with van der Waals surface area (Å²) >= 11 is 12.3. The molecule has 0 radical (unpaired) electrons. The Morgan fingerprint density at radius 2 is 1.87 bits per heavy atom. The second kappa shape index (κ2) is 7.05. The number of aromatic nitrogens is 1. The van der Waals surface area contributed by atoms with Gasteiger partial charge in [0.1, 0.15) is 5.75 Å². The lowest BCUT2D eigenvalue weighted by Crippen LogP contribution is -2.21. The molecule has 122 valence electrons. The molecule has 0 unspecified atom stereocenters. The largest absolute Gasteiger partial charge is 0.506 e. The van der Waals surface area contributed by atoms with Gasteiger partial charge >= 0.3 is 0 Å². The maximum absolute atomic E-state index is 10.3. The summed E-state index contributed by atoms with van der Waals surface area (Å²) in [5, 5.41) is 20.9. The van der Waals surface area contributed by atoms with Crippen LogP contribution in [0.5, 0.6) is 5.75 Å². The molecule has 1 aliphatic rings. The highest BCUT2D eigenvalue weighted by Gasteiger charge is 2.32. The van der Waals surface area contributed by atoms with Crippen LogP contribution in [-0.2, 0) is 13.0 Å². The molecule has 1 aromatic carbocycles. The molecule has 0 aliphatic carbocycles. The second-order valence-corrected chi connectivity index (χ2v) is 6.73. The van der Waals surface area contributed by atoms with E-state index in [4.69, 9.17) is 23.2 Å². The summed E-state index contributed by atoms with van der Waals surface area (Å²) in [7, 11) is 0. The average molecular weight is 353 g/mol. The van der Waals surface area contributed by atoms with Crippen molar-refractivity contribution in [2.24, 2.45) is 5.92 Å². The zero-order valence-electron chi connectivity index (χ0n) is 12.5. The minimum absolute atomic E-state index is 0.0270. The van der Waals surface area contributed by atoms with Gasteiger partial charge in [-0.25, -0.2) is 0 Å². The van der Waals surface area contributed by atoms with E-state index >= 15 is 0 Å². The molecule has 0 bridgehead atoms. The number of hydrogen-bond donors (Lipinski definition) is 2. The number of rotatable bonds is 4. The van der Waals surface area contributed by atoms with Crippen LogP contribution in [0.4, 0.5) is 0 Å². The van der Waals surface area contributed by atoms with Crippen LogP contribution in [0.3, 0.4) is 0 Å². The summed E-state index contributed by atoms with van der Waals surface area (Å²) in [4.78, 5) is 6.13. The lowest BCUT2D eigenvalue weighted by molar-refractivity contribution is 0.141. The summed E-state index contributed by atoms with van der Waals surface area (Å²) in [5.41, 5.74) is 1.87. The number of β-amino-alcohol motifs (C(OH)–C–C–N with tert-alkyl or cyclic N) is 1. The quantitative estimate of drug-likeness (QED) is 0.887. The Labute approximate surface area is 145 Å². The molecular formula is C17H18Cl2N2O2. The lowest BCUT2D eigenvalue weighted by Gasteiger charge is -2.18. The van der Waals surface area contributed by atoms with E-state index in [1.165, 1.54) is 11.6 Å². The normalized spacial score (nSPS) is 21.7. The van der Waals surface area contributed by atoms with Crippen molar-refractivity contribution in [1.29, 1.82) is 0 Å². The van der Waals surface area contributed by atoms with Gasteiger partial charge in [-0.15, -0.1) is 0 Å². The number of aromatic hydroxyl groups is 1. The van der Waals surface area contributed by atoms with Crippen LogP contribution in [-0.4, -0.2) is 39.3 Å². The third kappa shape index (κ3) is 3.78. The molecule has 23 heavy (non-hydrogen) atoms. The third-order valence-electron chi connectivity index (χ3n) is 4.28. The van der Waals surface area contributed by atoms with Crippen LogP contribution in [0.15, 0.2) is 36.7 Å². The number of nitrogens with zero attached hydrogens (tertiary/aromatic N) is 2. The molecule has 2 N–H and O–H groups in total. The molecule has 6 heteroatoms. The zero-order valence-corrected chi connectivity index (χ0v) is 14.0. The smallest absolute Gasteiger partial charge is 0.134 e. The Morgan fingerprint density at radius 3 is 2.61 bits per heavy atom. The van der Waals surface area contributed by atoms with Crippen LogP contribution in [0, 0.1) is 5.92 Å². The number of hydrogen-bond acceptors (Lipinski definition) is 4. The number of aliphatic hydroxyl groups excluding tert-OH is 1. The number of benzene rings is 1. The number of phenolic OH excluding ortho intramolecular Hbond substituents is 1. The molecule has 4 nitrogen and oxygen atoms in total. The number of pyridine rings is 1. The number of halogens is 2. The van der Waals surface area contributed by atoms with E-state index in [-0.39, 0.29) is 16.7 Å². The molecule has 1 aromatic heterocycles. The summed E-state index contributed by atoms with van der Waals surface area (Å²) in [6, 6.07) is 7.06. The van der Waals surface area contributed by atoms with Crippen molar-refractivity contribution in [1.82, 2.24) is 9.88 Å². The van der Waals surface area contributed by atoms with Gasteiger partial charge in [0.15, 0.2) is 0 Å². The van der Waals surface area contributed by atoms with Crippen molar-refractivity contribution in [2.45, 2.75) is 19.1 Å². The summed E-state index contributed by atoms with van der Waals surface area (Å²) < 4.78 is 0. The SMILES string of the molecule is Oc1ccc(Cl)c(CN2C[C@@H](Cc3ccncc3)[C@H](O)C2)c1Cl. The Bertz CT molecular complexity index is 682. The lowest BCUT2D eigenvalue weighted by atomic mass is 9.97. The van der Waals surface area contributed by atoms with Crippen LogP contribution >= 0.6 is 23.2 Å². The molecule has 0 amide bonds. The highest BCUT2D eigenvalue weighted by molar-refractivity contribution is 6.36. The van der Waals surface area contributed by atoms with Gasteiger partial charge in [0, 0.05) is 48.5 Å². The monoisotopic (exact) mass is 352 g/mol. The van der Waals surface area contributed by atoms with E-state index in [1.54, 1.807) is 18.5 Å². The van der Waals surface area contributed by atoms with Gasteiger partial charge in [0.05, 0.1) is 11.1 Å². The molecule has 0 saturated carbocycles. The van der Waals surface area contributed by atoms with Crippen LogP contribution in [0.25, 0.3) is 0 Å². The fraction of sp³-hybridized carbons (Fsp3) is 0.353. The Kier molecular flexibility index (Phi) is 5.07. The Balaban J connectivity index is 1.69. The first-order valence-corrected chi connectivity index (χ1v) is 8.25. The van der Waals surface area contributed by atoms with Gasteiger partial charge in [-0.05, 0) is 36.2 Å². The highest BCUT2D eigenvalue weighted by atomic mass is 35.5. The molecule has 1 aliphatic heterocycles. The fourth-order valence-electron chi connectivity index (χ4n) is 3.05.